The highest BCUT2D eigenvalue weighted by molar-refractivity contribution is 5.99. The van der Waals surface area contributed by atoms with E-state index in [-0.39, 0.29) is 25.5 Å². The number of carbonyl (C=O) groups excluding carboxylic acids is 4. The maximum atomic E-state index is 12.2. The van der Waals surface area contributed by atoms with E-state index in [0.29, 0.717) is 22.7 Å². The van der Waals surface area contributed by atoms with Gasteiger partial charge in [0.15, 0.2) is 12.7 Å². The number of anilines is 2. The van der Waals surface area contributed by atoms with Crippen molar-refractivity contribution in [2.45, 2.75) is 19.4 Å². The Morgan fingerprint density at radius 1 is 1.17 bits per heavy atom. The van der Waals surface area contributed by atoms with Gasteiger partial charge in [-0.2, -0.15) is 0 Å². The number of rotatable bonds is 7. The number of esters is 1. The van der Waals surface area contributed by atoms with Crippen LogP contribution in [0, 0.1) is 0 Å². The zero-order valence-corrected chi connectivity index (χ0v) is 16.3. The summed E-state index contributed by atoms with van der Waals surface area (Å²) in [7, 11) is 0. The fourth-order valence-electron chi connectivity index (χ4n) is 2.87. The molecular formula is C21H21N3O6. The molecule has 0 spiro atoms. The Labute approximate surface area is 172 Å². The van der Waals surface area contributed by atoms with Crippen molar-refractivity contribution in [3.8, 4) is 5.75 Å². The van der Waals surface area contributed by atoms with Gasteiger partial charge >= 0.3 is 5.97 Å². The molecule has 0 bridgehead atoms. The lowest BCUT2D eigenvalue weighted by Gasteiger charge is -2.29. The Morgan fingerprint density at radius 2 is 1.87 bits per heavy atom. The van der Waals surface area contributed by atoms with E-state index in [1.807, 2.05) is 0 Å². The number of nitrogens with two attached hydrogens (primary N) is 1. The van der Waals surface area contributed by atoms with Gasteiger partial charge in [-0.25, -0.2) is 0 Å². The second-order valence-electron chi connectivity index (χ2n) is 6.61. The van der Waals surface area contributed by atoms with Crippen LogP contribution in [0.3, 0.4) is 0 Å². The molecule has 3 N–H and O–H groups in total. The second kappa shape index (κ2) is 9.08. The average molecular weight is 411 g/mol. The van der Waals surface area contributed by atoms with Crippen molar-refractivity contribution in [2.75, 3.05) is 23.4 Å². The molecule has 156 valence electrons. The SMILES string of the molecule is C[C@H](OC(=O)CCN1C(=O)COc2ccccc21)C(=O)Nc1ccc(C(N)=O)cc1. The molecule has 2 aromatic carbocycles. The third-order valence-electron chi connectivity index (χ3n) is 4.46. The summed E-state index contributed by atoms with van der Waals surface area (Å²) in [5.74, 6) is -1.40. The highest BCUT2D eigenvalue weighted by atomic mass is 16.5. The molecule has 1 aliphatic heterocycles. The van der Waals surface area contributed by atoms with Crippen LogP contribution in [0.15, 0.2) is 48.5 Å². The van der Waals surface area contributed by atoms with Crippen LogP contribution in [0.1, 0.15) is 23.7 Å². The van der Waals surface area contributed by atoms with Crippen molar-refractivity contribution >= 4 is 35.1 Å². The third kappa shape index (κ3) is 4.93. The van der Waals surface area contributed by atoms with Gasteiger partial charge in [-0.1, -0.05) is 12.1 Å². The number of amides is 3. The highest BCUT2D eigenvalue weighted by Gasteiger charge is 2.26. The molecule has 3 rings (SSSR count). The minimum atomic E-state index is -1.04. The number of benzene rings is 2. The first-order chi connectivity index (χ1) is 14.3. The summed E-state index contributed by atoms with van der Waals surface area (Å²) in [5.41, 5.74) is 6.51. The van der Waals surface area contributed by atoms with Crippen molar-refractivity contribution in [1.29, 1.82) is 0 Å². The van der Waals surface area contributed by atoms with Crippen molar-refractivity contribution in [1.82, 2.24) is 0 Å². The third-order valence-corrected chi connectivity index (χ3v) is 4.46. The standard InChI is InChI=1S/C21H21N3O6/c1-13(21(28)23-15-8-6-14(7-9-15)20(22)27)30-19(26)10-11-24-16-4-2-3-5-17(16)29-12-18(24)25/h2-9,13H,10-12H2,1H3,(H2,22,27)(H,23,28)/t13-/m0/s1. The van der Waals surface area contributed by atoms with Gasteiger partial charge in [-0.3, -0.25) is 19.2 Å². The largest absolute Gasteiger partial charge is 0.482 e. The van der Waals surface area contributed by atoms with Crippen molar-refractivity contribution in [2.24, 2.45) is 5.73 Å². The lowest BCUT2D eigenvalue weighted by molar-refractivity contribution is -0.153. The molecule has 9 heteroatoms. The number of para-hydroxylation sites is 2. The summed E-state index contributed by atoms with van der Waals surface area (Å²) < 4.78 is 10.5. The Bertz CT molecular complexity index is 973. The van der Waals surface area contributed by atoms with Gasteiger partial charge < -0.3 is 25.4 Å². The molecule has 0 saturated carbocycles. The molecule has 0 aromatic heterocycles. The maximum Gasteiger partial charge on any atom is 0.308 e. The second-order valence-corrected chi connectivity index (χ2v) is 6.61. The topological polar surface area (TPSA) is 128 Å². The molecule has 0 saturated heterocycles. The summed E-state index contributed by atoms with van der Waals surface area (Å²) in [4.78, 5) is 49.1. The lowest BCUT2D eigenvalue weighted by atomic mass is 10.2. The first-order valence-electron chi connectivity index (χ1n) is 9.27. The van der Waals surface area contributed by atoms with E-state index in [1.165, 1.54) is 36.1 Å². The van der Waals surface area contributed by atoms with Crippen molar-refractivity contribution in [3.63, 3.8) is 0 Å². The van der Waals surface area contributed by atoms with E-state index in [2.05, 4.69) is 5.32 Å². The predicted octanol–water partition coefficient (Wildman–Crippen LogP) is 1.47. The highest BCUT2D eigenvalue weighted by Crippen LogP contribution is 2.31. The van der Waals surface area contributed by atoms with Gasteiger partial charge in [0.1, 0.15) is 5.75 Å². The fourth-order valence-corrected chi connectivity index (χ4v) is 2.87. The van der Waals surface area contributed by atoms with E-state index in [9.17, 15) is 19.2 Å². The number of primary amides is 1. The smallest absolute Gasteiger partial charge is 0.308 e. The Balaban J connectivity index is 1.51. The molecule has 3 amide bonds. The summed E-state index contributed by atoms with van der Waals surface area (Å²) in [6.45, 7) is 1.46. The quantitative estimate of drug-likeness (QED) is 0.664. The van der Waals surface area contributed by atoms with Crippen LogP contribution in [0.2, 0.25) is 0 Å². The van der Waals surface area contributed by atoms with Crippen LogP contribution in [-0.2, 0) is 19.1 Å². The molecule has 1 atom stereocenters. The number of ether oxygens (including phenoxy) is 2. The number of nitrogens with one attached hydrogen (secondary N) is 1. The zero-order chi connectivity index (χ0) is 21.7. The number of hydrogen-bond acceptors (Lipinski definition) is 6. The van der Waals surface area contributed by atoms with E-state index in [0.717, 1.165) is 0 Å². The molecule has 0 fully saturated rings. The molecule has 0 unspecified atom stereocenters. The molecule has 30 heavy (non-hydrogen) atoms. The first kappa shape index (κ1) is 20.8. The molecule has 9 nitrogen and oxygen atoms in total. The molecule has 1 heterocycles. The van der Waals surface area contributed by atoms with E-state index < -0.39 is 23.9 Å². The van der Waals surface area contributed by atoms with Crippen molar-refractivity contribution in [3.05, 3.63) is 54.1 Å². The number of carbonyl (C=O) groups is 4. The van der Waals surface area contributed by atoms with Gasteiger partial charge in [0.2, 0.25) is 5.91 Å². The average Bonchev–Trinajstić information content (AvgIpc) is 2.73. The van der Waals surface area contributed by atoms with E-state index in [4.69, 9.17) is 15.2 Å². The number of nitrogens with zero attached hydrogens (tertiary/aromatic N) is 1. The van der Waals surface area contributed by atoms with Gasteiger partial charge in [-0.15, -0.1) is 0 Å². The van der Waals surface area contributed by atoms with Gasteiger partial charge in [0, 0.05) is 17.8 Å². The molecular weight excluding hydrogens is 390 g/mol. The van der Waals surface area contributed by atoms with Crippen LogP contribution >= 0.6 is 0 Å². The van der Waals surface area contributed by atoms with E-state index in [1.54, 1.807) is 24.3 Å². The summed E-state index contributed by atoms with van der Waals surface area (Å²) >= 11 is 0. The monoisotopic (exact) mass is 411 g/mol. The fraction of sp³-hybridized carbons (Fsp3) is 0.238. The minimum Gasteiger partial charge on any atom is -0.482 e. The lowest BCUT2D eigenvalue weighted by Crippen LogP contribution is -2.40. The zero-order valence-electron chi connectivity index (χ0n) is 16.3. The van der Waals surface area contributed by atoms with Crippen LogP contribution in [0.4, 0.5) is 11.4 Å². The van der Waals surface area contributed by atoms with Gasteiger partial charge in [-0.05, 0) is 43.3 Å². The van der Waals surface area contributed by atoms with Gasteiger partial charge in [0.05, 0.1) is 12.1 Å². The number of hydrogen-bond donors (Lipinski definition) is 2. The predicted molar refractivity (Wildman–Crippen MR) is 108 cm³/mol. The number of fused-ring (bicyclic) bond motifs is 1. The first-order valence-corrected chi connectivity index (χ1v) is 9.27. The van der Waals surface area contributed by atoms with Crippen LogP contribution in [-0.4, -0.2) is 42.9 Å². The Hall–Kier alpha value is -3.88. The molecule has 0 radical (unpaired) electrons. The summed E-state index contributed by atoms with van der Waals surface area (Å²) in [5, 5.41) is 2.59. The Kier molecular flexibility index (Phi) is 6.31. The molecule has 1 aliphatic rings. The molecule has 0 aliphatic carbocycles. The molecule has 2 aromatic rings. The van der Waals surface area contributed by atoms with Crippen LogP contribution < -0.4 is 20.7 Å². The Morgan fingerprint density at radius 3 is 2.57 bits per heavy atom. The van der Waals surface area contributed by atoms with Crippen molar-refractivity contribution < 1.29 is 28.7 Å². The summed E-state index contributed by atoms with van der Waals surface area (Å²) in [6.07, 6.45) is -1.12. The minimum absolute atomic E-state index is 0.0784. The maximum absolute atomic E-state index is 12.2. The van der Waals surface area contributed by atoms with Gasteiger partial charge in [0.25, 0.3) is 11.8 Å². The summed E-state index contributed by atoms with van der Waals surface area (Å²) in [6, 6.07) is 13.0. The van der Waals surface area contributed by atoms with Crippen LogP contribution in [0.25, 0.3) is 0 Å². The van der Waals surface area contributed by atoms with Crippen LogP contribution in [0.5, 0.6) is 5.75 Å². The van der Waals surface area contributed by atoms with E-state index >= 15 is 0 Å². The normalized spacial score (nSPS) is 13.6.